The molecule has 1 atom stereocenters. The van der Waals surface area contributed by atoms with Gasteiger partial charge in [0.1, 0.15) is 17.8 Å². The Bertz CT molecular complexity index is 1060. The molecule has 1 N–H and O–H groups in total. The number of hydrogen-bond donors (Lipinski definition) is 1. The molecule has 1 saturated heterocycles. The van der Waals surface area contributed by atoms with Gasteiger partial charge in [0.05, 0.1) is 27.3 Å². The molecule has 4 rings (SSSR count). The van der Waals surface area contributed by atoms with Crippen LogP contribution in [0.25, 0.3) is 0 Å². The first kappa shape index (κ1) is 22.5. The van der Waals surface area contributed by atoms with Crippen molar-refractivity contribution in [2.45, 2.75) is 55.0 Å². The van der Waals surface area contributed by atoms with Crippen LogP contribution in [-0.2, 0) is 11.2 Å². The Labute approximate surface area is 194 Å². The molecule has 1 fully saturated rings. The zero-order valence-corrected chi connectivity index (χ0v) is 19.9. The first-order valence-electron chi connectivity index (χ1n) is 10.4. The predicted octanol–water partition coefficient (Wildman–Crippen LogP) is 5.11. The lowest BCUT2D eigenvalue weighted by Crippen LogP contribution is -2.42. The molecular formula is C21H26N6O3S2. The van der Waals surface area contributed by atoms with Crippen LogP contribution in [0, 0.1) is 10.1 Å². The predicted molar refractivity (Wildman–Crippen MR) is 127 cm³/mol. The number of rotatable bonds is 7. The number of hydrogen-bond acceptors (Lipinski definition) is 10. The van der Waals surface area contributed by atoms with Crippen molar-refractivity contribution >= 4 is 39.7 Å². The van der Waals surface area contributed by atoms with E-state index in [-0.39, 0.29) is 17.1 Å². The quantitative estimate of drug-likeness (QED) is 0.284. The van der Waals surface area contributed by atoms with Crippen LogP contribution in [0.1, 0.15) is 45.3 Å². The molecule has 0 aliphatic carbocycles. The van der Waals surface area contributed by atoms with Gasteiger partial charge in [-0.1, -0.05) is 32.1 Å². The Kier molecular flexibility index (Phi) is 6.66. The van der Waals surface area contributed by atoms with Crippen molar-refractivity contribution < 1.29 is 9.34 Å². The lowest BCUT2D eigenvalue weighted by Gasteiger charge is -2.33. The maximum atomic E-state index is 10.8. The number of oxazole rings is 1. The van der Waals surface area contributed by atoms with Gasteiger partial charge in [0.2, 0.25) is 5.89 Å². The van der Waals surface area contributed by atoms with Gasteiger partial charge in [0.25, 0.3) is 5.69 Å². The van der Waals surface area contributed by atoms with Crippen LogP contribution in [0.5, 0.6) is 0 Å². The molecule has 0 amide bonds. The topological polar surface area (TPSA) is 110 Å². The number of thiazole rings is 1. The van der Waals surface area contributed by atoms with Gasteiger partial charge in [0, 0.05) is 30.6 Å². The Morgan fingerprint density at radius 3 is 2.81 bits per heavy atom. The highest BCUT2D eigenvalue weighted by Gasteiger charge is 2.23. The minimum atomic E-state index is -0.430. The Morgan fingerprint density at radius 1 is 1.28 bits per heavy atom. The summed E-state index contributed by atoms with van der Waals surface area (Å²) in [6.45, 7) is 7.98. The number of pyridine rings is 1. The lowest BCUT2D eigenvalue weighted by molar-refractivity contribution is -0.385. The van der Waals surface area contributed by atoms with Crippen molar-refractivity contribution in [1.29, 1.82) is 0 Å². The average molecular weight is 475 g/mol. The molecule has 32 heavy (non-hydrogen) atoms. The van der Waals surface area contributed by atoms with Crippen LogP contribution < -0.4 is 10.2 Å². The zero-order valence-electron chi connectivity index (χ0n) is 18.3. The highest BCUT2D eigenvalue weighted by Crippen LogP contribution is 2.32. The summed E-state index contributed by atoms with van der Waals surface area (Å²) in [6.07, 6.45) is 7.06. The van der Waals surface area contributed by atoms with Gasteiger partial charge < -0.3 is 14.6 Å². The van der Waals surface area contributed by atoms with Crippen molar-refractivity contribution in [2.75, 3.05) is 23.3 Å². The average Bonchev–Trinajstić information content (AvgIpc) is 3.42. The monoisotopic (exact) mass is 474 g/mol. The Morgan fingerprint density at radius 2 is 2.12 bits per heavy atom. The van der Waals surface area contributed by atoms with Crippen LogP contribution >= 0.6 is 23.1 Å². The molecule has 4 heterocycles. The van der Waals surface area contributed by atoms with Crippen LogP contribution in [0.3, 0.4) is 0 Å². The lowest BCUT2D eigenvalue weighted by atomic mass is 9.94. The molecule has 0 radical (unpaired) electrons. The first-order chi connectivity index (χ1) is 15.3. The number of nitro groups is 1. The molecular weight excluding hydrogens is 448 g/mol. The standard InChI is InChI=1S/C21H26N6O3S2/c1-21(2,3)16-10-23-18(30-16)13-31-19-11-24-20(32-19)25-14-5-4-8-26(12-14)17-7-6-15(9-22-17)27(28)29/h6-7,9-11,14H,4-5,8,12-13H2,1-3H3,(H,24,25)/t14-/m1/s1. The number of nitrogens with zero attached hydrogens (tertiary/aromatic N) is 5. The minimum Gasteiger partial charge on any atom is -0.444 e. The fourth-order valence-electron chi connectivity index (χ4n) is 3.40. The highest BCUT2D eigenvalue weighted by molar-refractivity contribution is 8.00. The van der Waals surface area contributed by atoms with E-state index < -0.39 is 4.92 Å². The summed E-state index contributed by atoms with van der Waals surface area (Å²) in [5.74, 6) is 3.05. The SMILES string of the molecule is CC(C)(C)c1cnc(CSc2cnc(N[C@@H]3CCCN(c4ccc([N+](=O)[O-])cn4)C3)s2)o1. The normalized spacial score (nSPS) is 16.8. The maximum Gasteiger partial charge on any atom is 0.287 e. The molecule has 9 nitrogen and oxygen atoms in total. The Balaban J connectivity index is 1.31. The van der Waals surface area contributed by atoms with E-state index in [9.17, 15) is 10.1 Å². The first-order valence-corrected chi connectivity index (χ1v) is 12.2. The largest absolute Gasteiger partial charge is 0.444 e. The van der Waals surface area contributed by atoms with Crippen LogP contribution in [-0.4, -0.2) is 39.0 Å². The van der Waals surface area contributed by atoms with E-state index in [1.165, 1.54) is 12.3 Å². The molecule has 3 aromatic rings. The van der Waals surface area contributed by atoms with Gasteiger partial charge in [-0.05, 0) is 18.9 Å². The molecule has 170 valence electrons. The van der Waals surface area contributed by atoms with E-state index in [2.05, 4.69) is 45.9 Å². The van der Waals surface area contributed by atoms with Crippen molar-refractivity contribution in [2.24, 2.45) is 0 Å². The third-order valence-corrected chi connectivity index (χ3v) is 7.24. The van der Waals surface area contributed by atoms with Crippen LogP contribution in [0.2, 0.25) is 0 Å². The summed E-state index contributed by atoms with van der Waals surface area (Å²) in [6, 6.07) is 3.46. The zero-order chi connectivity index (χ0) is 22.7. The van der Waals surface area contributed by atoms with Crippen molar-refractivity contribution in [1.82, 2.24) is 15.0 Å². The van der Waals surface area contributed by atoms with Gasteiger partial charge in [-0.25, -0.2) is 15.0 Å². The van der Waals surface area contributed by atoms with Crippen molar-refractivity contribution in [3.8, 4) is 0 Å². The molecule has 1 aliphatic rings. The number of thioether (sulfide) groups is 1. The van der Waals surface area contributed by atoms with E-state index in [1.54, 1.807) is 29.2 Å². The van der Waals surface area contributed by atoms with E-state index in [1.807, 2.05) is 12.4 Å². The molecule has 0 aromatic carbocycles. The van der Waals surface area contributed by atoms with Crippen molar-refractivity contribution in [3.05, 3.63) is 52.5 Å². The van der Waals surface area contributed by atoms with Gasteiger partial charge in [0.15, 0.2) is 5.13 Å². The number of piperidine rings is 1. The third kappa shape index (κ3) is 5.57. The number of anilines is 2. The summed E-state index contributed by atoms with van der Waals surface area (Å²) < 4.78 is 6.96. The molecule has 11 heteroatoms. The van der Waals surface area contributed by atoms with Gasteiger partial charge in [-0.15, -0.1) is 11.8 Å². The highest BCUT2D eigenvalue weighted by atomic mass is 32.2. The molecule has 0 saturated carbocycles. The second-order valence-electron chi connectivity index (χ2n) is 8.70. The van der Waals surface area contributed by atoms with Gasteiger partial charge in [-0.3, -0.25) is 10.1 Å². The molecule has 0 bridgehead atoms. The summed E-state index contributed by atoms with van der Waals surface area (Å²) in [7, 11) is 0. The van der Waals surface area contributed by atoms with Crippen molar-refractivity contribution in [3.63, 3.8) is 0 Å². The van der Waals surface area contributed by atoms with Gasteiger partial charge in [-0.2, -0.15) is 0 Å². The summed E-state index contributed by atoms with van der Waals surface area (Å²) >= 11 is 3.29. The smallest absolute Gasteiger partial charge is 0.287 e. The van der Waals surface area contributed by atoms with Crippen LogP contribution in [0.15, 0.2) is 39.3 Å². The van der Waals surface area contributed by atoms with E-state index >= 15 is 0 Å². The minimum absolute atomic E-state index is 0.00706. The van der Waals surface area contributed by atoms with E-state index in [0.717, 1.165) is 52.7 Å². The third-order valence-electron chi connectivity index (χ3n) is 5.13. The summed E-state index contributed by atoms with van der Waals surface area (Å²) in [5.41, 5.74) is -0.0392. The number of nitrogens with one attached hydrogen (secondary N) is 1. The molecule has 0 spiro atoms. The van der Waals surface area contributed by atoms with Gasteiger partial charge >= 0.3 is 0 Å². The fraction of sp³-hybridized carbons (Fsp3) is 0.476. The molecule has 0 unspecified atom stereocenters. The fourth-order valence-corrected chi connectivity index (χ4v) is 5.20. The number of aromatic nitrogens is 3. The second-order valence-corrected chi connectivity index (χ2v) is 11.0. The molecule has 1 aliphatic heterocycles. The second kappa shape index (κ2) is 9.45. The van der Waals surface area contributed by atoms with E-state index in [4.69, 9.17) is 4.42 Å². The van der Waals surface area contributed by atoms with Crippen LogP contribution in [0.4, 0.5) is 16.6 Å². The molecule has 3 aromatic heterocycles. The summed E-state index contributed by atoms with van der Waals surface area (Å²) in [5, 5.41) is 15.3. The summed E-state index contributed by atoms with van der Waals surface area (Å²) in [4.78, 5) is 25.7. The van der Waals surface area contributed by atoms with E-state index in [0.29, 0.717) is 5.75 Å². The Hall–Kier alpha value is -2.66. The maximum absolute atomic E-state index is 10.8.